The minimum atomic E-state index is -4.69. The number of carbonyl (C=O) groups is 4. The van der Waals surface area contributed by atoms with E-state index in [1.54, 1.807) is 0 Å². The van der Waals surface area contributed by atoms with E-state index >= 15 is 0 Å². The molecule has 10 nitrogen and oxygen atoms in total. The van der Waals surface area contributed by atoms with Crippen molar-refractivity contribution in [3.63, 3.8) is 0 Å². The SMILES string of the molecule is CC1(C)[C@@H]2[C@@H]([I-]C(=O)N[C@@H](C[C@@H]3CCNC3=O)C(O)C(=O)N3CCC3)N(C(=O)[C@@H](CCC(F)(F)F)Nc3c(F)cc(F)cc3F)C[C@@H]21. The number of aliphatic hydroxyl groups is 1. The summed E-state index contributed by atoms with van der Waals surface area (Å²) < 4.78 is 81.0. The Kier molecular flexibility index (Phi) is 10.3. The van der Waals surface area contributed by atoms with Crippen LogP contribution in [0.4, 0.5) is 36.8 Å². The van der Waals surface area contributed by atoms with E-state index in [2.05, 4.69) is 16.0 Å². The number of hydrogen-bond donors (Lipinski definition) is 4. The quantitative estimate of drug-likeness (QED) is 0.0774. The molecule has 3 saturated heterocycles. The van der Waals surface area contributed by atoms with Crippen molar-refractivity contribution in [1.29, 1.82) is 0 Å². The third-order valence-corrected chi connectivity index (χ3v) is 12.7. The van der Waals surface area contributed by atoms with Gasteiger partial charge >= 0.3 is 278 Å². The molecule has 0 bridgehead atoms. The average Bonchev–Trinajstić information content (AvgIpc) is 3.23. The maximum absolute atomic E-state index is 14.5. The second kappa shape index (κ2) is 13.6. The van der Waals surface area contributed by atoms with Gasteiger partial charge in [-0.25, -0.2) is 0 Å². The van der Waals surface area contributed by atoms with Crippen LogP contribution in [0.1, 0.15) is 46.0 Å². The van der Waals surface area contributed by atoms with Gasteiger partial charge < -0.3 is 0 Å². The molecule has 0 spiro atoms. The van der Waals surface area contributed by atoms with E-state index in [-0.39, 0.29) is 36.1 Å². The number of hydrogen-bond acceptors (Lipinski definition) is 6. The summed E-state index contributed by atoms with van der Waals surface area (Å²) in [5.74, 6) is -6.61. The molecule has 1 aliphatic carbocycles. The molecule has 4 fully saturated rings. The summed E-state index contributed by atoms with van der Waals surface area (Å²) >= 11 is -1.65. The molecule has 4 N–H and O–H groups in total. The average molecular weight is 789 g/mol. The maximum atomic E-state index is 14.5. The first-order valence-electron chi connectivity index (χ1n) is 15.4. The molecule has 1 unspecified atom stereocenters. The number of anilines is 1. The van der Waals surface area contributed by atoms with Gasteiger partial charge in [-0.05, 0) is 0 Å². The molecule has 4 amide bonds. The number of fused-ring (bicyclic) bond motifs is 1. The monoisotopic (exact) mass is 788 g/mol. The normalized spacial score (nSPS) is 26.6. The molecule has 17 heteroatoms. The molecule has 7 atom stereocenters. The number of halogens is 7. The molecule has 3 heterocycles. The Morgan fingerprint density at radius 3 is 2.34 bits per heavy atom. The zero-order chi connectivity index (χ0) is 34.4. The fourth-order valence-corrected chi connectivity index (χ4v) is 10.6. The summed E-state index contributed by atoms with van der Waals surface area (Å²) in [4.78, 5) is 55.4. The summed E-state index contributed by atoms with van der Waals surface area (Å²) in [5.41, 5.74) is -1.24. The molecular weight excluding hydrogens is 751 g/mol. The van der Waals surface area contributed by atoms with Crippen LogP contribution in [0.5, 0.6) is 0 Å². The van der Waals surface area contributed by atoms with Crippen LogP contribution in [0.15, 0.2) is 12.1 Å². The Labute approximate surface area is 277 Å². The van der Waals surface area contributed by atoms with Crippen molar-refractivity contribution in [2.24, 2.45) is 23.2 Å². The van der Waals surface area contributed by atoms with E-state index in [9.17, 15) is 50.6 Å². The van der Waals surface area contributed by atoms with E-state index in [1.165, 1.54) is 9.80 Å². The summed E-state index contributed by atoms with van der Waals surface area (Å²) in [5, 5.41) is 18.6. The molecule has 1 aromatic rings. The van der Waals surface area contributed by atoms with Gasteiger partial charge in [0, 0.05) is 0 Å². The number of alkyl halides is 4. The van der Waals surface area contributed by atoms with Crippen molar-refractivity contribution in [3.05, 3.63) is 29.6 Å². The number of piperidine rings is 1. The number of likely N-dealkylation sites (tertiary alicyclic amines) is 2. The second-order valence-electron chi connectivity index (χ2n) is 13.2. The standard InChI is InChI=1S/C30H37F6IN5O5/c1-29(2)16-13-42(26(45)19(4-6-30(34,35)36)39-22-17(32)11-15(31)12-18(22)33)24(21(16)29)37-28(47)40-20(10-14-5-7-38-25(14)44)23(43)27(46)41-8-3-9-41/h11-12,14,16,19-21,23-24,39,43H,3-10,13H2,1-2H3,(H,38,44)(H,40,47)/q-1/t14-,16-,19+,20-,21-,23?,24-/m0/s1. The van der Waals surface area contributed by atoms with Gasteiger partial charge in [-0.2, -0.15) is 0 Å². The van der Waals surface area contributed by atoms with Gasteiger partial charge in [-0.3, -0.25) is 0 Å². The van der Waals surface area contributed by atoms with Crippen LogP contribution in [0, 0.1) is 40.6 Å². The predicted octanol–water partition coefficient (Wildman–Crippen LogP) is -0.0460. The first-order chi connectivity index (χ1) is 22.0. The number of benzene rings is 1. The Hall–Kier alpha value is -2.83. The van der Waals surface area contributed by atoms with Crippen LogP contribution in [-0.4, -0.2) is 91.1 Å². The first-order valence-corrected chi connectivity index (χ1v) is 17.8. The van der Waals surface area contributed by atoms with Crippen LogP contribution in [0.25, 0.3) is 0 Å². The van der Waals surface area contributed by atoms with Gasteiger partial charge in [-0.1, -0.05) is 0 Å². The van der Waals surface area contributed by atoms with Crippen molar-refractivity contribution in [3.8, 4) is 0 Å². The fourth-order valence-electron chi connectivity index (χ4n) is 6.76. The van der Waals surface area contributed by atoms with Crippen molar-refractivity contribution < 1.29 is 71.8 Å². The van der Waals surface area contributed by atoms with E-state index in [4.69, 9.17) is 0 Å². The fraction of sp³-hybridized carbons (Fsp3) is 0.667. The van der Waals surface area contributed by atoms with Crippen molar-refractivity contribution in [2.45, 2.75) is 74.4 Å². The molecule has 0 aromatic heterocycles. The third kappa shape index (κ3) is 7.75. The summed E-state index contributed by atoms with van der Waals surface area (Å²) in [6, 6.07) is -2.15. The molecule has 1 aromatic carbocycles. The molecular formula is C30H37F6IN5O5-. The molecule has 5 rings (SSSR count). The molecule has 262 valence electrons. The minimum absolute atomic E-state index is 0.00511. The van der Waals surface area contributed by atoms with Crippen LogP contribution in [0.3, 0.4) is 0 Å². The molecule has 3 aliphatic heterocycles. The number of carbonyl (C=O) groups excluding carboxylic acids is 4. The Bertz CT molecular complexity index is 1390. The molecule has 0 radical (unpaired) electrons. The van der Waals surface area contributed by atoms with Gasteiger partial charge in [0.1, 0.15) is 0 Å². The van der Waals surface area contributed by atoms with E-state index in [0.29, 0.717) is 38.2 Å². The van der Waals surface area contributed by atoms with Crippen LogP contribution in [-0.2, 0) is 14.4 Å². The second-order valence-corrected chi connectivity index (χ2v) is 16.1. The molecule has 47 heavy (non-hydrogen) atoms. The molecule has 4 aliphatic rings. The molecule has 1 saturated carbocycles. The van der Waals surface area contributed by atoms with Gasteiger partial charge in [0.2, 0.25) is 0 Å². The van der Waals surface area contributed by atoms with E-state index < -0.39 is 107 Å². The predicted molar refractivity (Wildman–Crippen MR) is 151 cm³/mol. The van der Waals surface area contributed by atoms with Gasteiger partial charge in [0.25, 0.3) is 0 Å². The van der Waals surface area contributed by atoms with Gasteiger partial charge in [0.05, 0.1) is 0 Å². The summed E-state index contributed by atoms with van der Waals surface area (Å²) in [6.45, 7) is 5.32. The summed E-state index contributed by atoms with van der Waals surface area (Å²) in [7, 11) is 0. The van der Waals surface area contributed by atoms with Gasteiger partial charge in [-0.15, -0.1) is 0 Å². The van der Waals surface area contributed by atoms with Crippen molar-refractivity contribution in [1.82, 2.24) is 20.4 Å². The Morgan fingerprint density at radius 2 is 1.79 bits per heavy atom. The zero-order valence-electron chi connectivity index (χ0n) is 25.7. The Balaban J connectivity index is 1.35. The topological polar surface area (TPSA) is 131 Å². The van der Waals surface area contributed by atoms with Crippen LogP contribution in [0.2, 0.25) is 0 Å². The van der Waals surface area contributed by atoms with Crippen LogP contribution < -0.4 is 37.2 Å². The number of nitrogens with one attached hydrogen (secondary N) is 3. The van der Waals surface area contributed by atoms with E-state index in [1.807, 2.05) is 13.8 Å². The number of nitrogens with zero attached hydrogens (tertiary/aromatic N) is 2. The Morgan fingerprint density at radius 1 is 1.13 bits per heavy atom. The number of amides is 4. The first kappa shape index (κ1) is 35.5. The van der Waals surface area contributed by atoms with Crippen molar-refractivity contribution in [2.75, 3.05) is 31.5 Å². The van der Waals surface area contributed by atoms with Crippen molar-refractivity contribution >= 4 is 27.3 Å². The zero-order valence-corrected chi connectivity index (χ0v) is 27.8. The summed E-state index contributed by atoms with van der Waals surface area (Å²) in [6.07, 6.45) is -7.40. The number of aliphatic hydroxyl groups excluding tert-OH is 1. The third-order valence-electron chi connectivity index (χ3n) is 9.76. The van der Waals surface area contributed by atoms with E-state index in [0.717, 1.165) is 6.42 Å². The van der Waals surface area contributed by atoms with Crippen LogP contribution >= 0.6 is 0 Å². The van der Waals surface area contributed by atoms with Gasteiger partial charge in [0.15, 0.2) is 0 Å². The number of rotatable bonds is 12.